The van der Waals surface area contributed by atoms with E-state index in [0.29, 0.717) is 29.9 Å². The van der Waals surface area contributed by atoms with Gasteiger partial charge >= 0.3 is 138 Å². The number of nitrogens with zero attached hydrogens (tertiary/aromatic N) is 2. The van der Waals surface area contributed by atoms with Gasteiger partial charge in [0.1, 0.15) is 0 Å². The molecule has 2 aromatic carbocycles. The quantitative estimate of drug-likeness (QED) is 0.701. The average Bonchev–Trinajstić information content (AvgIpc) is 2.49. The third-order valence-electron chi connectivity index (χ3n) is 3.79. The van der Waals surface area contributed by atoms with Crippen LogP contribution in [0.3, 0.4) is 0 Å². The third kappa shape index (κ3) is 2.31. The fraction of sp³-hybridized carbons (Fsp3) is 0.294. The first-order valence-corrected chi connectivity index (χ1v) is 10.8. The van der Waals surface area contributed by atoms with Crippen molar-refractivity contribution in [2.45, 2.75) is 33.1 Å². The van der Waals surface area contributed by atoms with Crippen LogP contribution < -0.4 is 8.92 Å². The van der Waals surface area contributed by atoms with Crippen LogP contribution in [0, 0.1) is 0 Å². The number of hydrogen-bond acceptors (Lipinski definition) is 2. The molecule has 2 aliphatic heterocycles. The molecule has 0 spiro atoms. The molecule has 0 saturated carbocycles. The molecule has 0 fully saturated rings. The molecular weight excluding hydrogens is 390 g/mol. The molecule has 0 saturated heterocycles. The van der Waals surface area contributed by atoms with Gasteiger partial charge in [0.05, 0.1) is 0 Å². The standard InChI is InChI=1S/C17H16N2Se2/c1-3-4-5-15-19-12-7-8-13-16-11(18-10(2)20-13)6-9-14(21-15)17(12)16/h6-9H,3-5H2,1-2H3. The fourth-order valence-electron chi connectivity index (χ4n) is 2.82. The first kappa shape index (κ1) is 13.7. The molecule has 106 valence electrons. The van der Waals surface area contributed by atoms with E-state index in [1.807, 2.05) is 0 Å². The van der Waals surface area contributed by atoms with E-state index in [2.05, 4.69) is 38.1 Å². The summed E-state index contributed by atoms with van der Waals surface area (Å²) < 4.78 is 5.66. The van der Waals surface area contributed by atoms with E-state index in [0.717, 1.165) is 12.1 Å². The Labute approximate surface area is 137 Å². The van der Waals surface area contributed by atoms with Crippen molar-refractivity contribution in [2.75, 3.05) is 0 Å². The molecular formula is C17H16N2Se2. The molecule has 0 aromatic heterocycles. The van der Waals surface area contributed by atoms with Crippen molar-refractivity contribution in [2.24, 2.45) is 9.98 Å². The number of benzene rings is 2. The Kier molecular flexibility index (Phi) is 3.51. The van der Waals surface area contributed by atoms with Crippen LogP contribution in [0.1, 0.15) is 33.1 Å². The Bertz CT molecular complexity index is 806. The van der Waals surface area contributed by atoms with E-state index in [9.17, 15) is 0 Å². The number of unbranched alkanes of at least 4 members (excludes halogenated alkanes) is 1. The van der Waals surface area contributed by atoms with E-state index < -0.39 is 0 Å². The van der Waals surface area contributed by atoms with Crippen LogP contribution in [-0.2, 0) is 0 Å². The molecule has 0 bridgehead atoms. The van der Waals surface area contributed by atoms with Gasteiger partial charge in [-0.05, 0) is 0 Å². The van der Waals surface area contributed by atoms with Gasteiger partial charge in [0, 0.05) is 0 Å². The summed E-state index contributed by atoms with van der Waals surface area (Å²) in [5.74, 6) is 0. The van der Waals surface area contributed by atoms with Crippen LogP contribution in [0.15, 0.2) is 34.3 Å². The normalized spacial score (nSPS) is 15.9. The second kappa shape index (κ2) is 5.37. The molecule has 2 aliphatic rings. The van der Waals surface area contributed by atoms with Crippen LogP contribution in [0.5, 0.6) is 0 Å². The Morgan fingerprint density at radius 3 is 2.29 bits per heavy atom. The summed E-state index contributed by atoms with van der Waals surface area (Å²) in [6.45, 7) is 4.39. The molecule has 2 nitrogen and oxygen atoms in total. The van der Waals surface area contributed by atoms with Crippen LogP contribution >= 0.6 is 0 Å². The molecule has 4 heteroatoms. The number of hydrogen-bond donors (Lipinski definition) is 0. The zero-order chi connectivity index (χ0) is 14.4. The first-order chi connectivity index (χ1) is 10.3. The SMILES string of the molecule is CCCCC1=Nc2ccc3c4c(ccc(c24)[Se]1)N=C(C)[Se]3. The molecule has 21 heavy (non-hydrogen) atoms. The zero-order valence-electron chi connectivity index (χ0n) is 12.1. The van der Waals surface area contributed by atoms with Crippen LogP contribution in [-0.4, -0.2) is 39.1 Å². The molecule has 0 amide bonds. The minimum absolute atomic E-state index is 0.378. The molecule has 0 unspecified atom stereocenters. The van der Waals surface area contributed by atoms with Gasteiger partial charge in [0.25, 0.3) is 0 Å². The minimum atomic E-state index is 0.378. The maximum absolute atomic E-state index is 4.96. The maximum atomic E-state index is 4.96. The Morgan fingerprint density at radius 2 is 1.57 bits per heavy atom. The van der Waals surface area contributed by atoms with Crippen molar-refractivity contribution in [1.82, 2.24) is 0 Å². The van der Waals surface area contributed by atoms with E-state index in [-0.39, 0.29) is 0 Å². The summed E-state index contributed by atoms with van der Waals surface area (Å²) in [6, 6.07) is 9.02. The summed E-state index contributed by atoms with van der Waals surface area (Å²) in [7, 11) is 0. The van der Waals surface area contributed by atoms with E-state index in [1.54, 1.807) is 0 Å². The van der Waals surface area contributed by atoms with E-state index in [4.69, 9.17) is 9.98 Å². The van der Waals surface area contributed by atoms with E-state index >= 15 is 0 Å². The van der Waals surface area contributed by atoms with Gasteiger partial charge in [-0.15, -0.1) is 0 Å². The number of aliphatic imine (C=N–C) groups is 2. The average molecular weight is 406 g/mol. The van der Waals surface area contributed by atoms with Gasteiger partial charge < -0.3 is 0 Å². The van der Waals surface area contributed by atoms with Gasteiger partial charge in [0.2, 0.25) is 0 Å². The molecule has 0 aliphatic carbocycles. The Morgan fingerprint density at radius 1 is 0.905 bits per heavy atom. The predicted octanol–water partition coefficient (Wildman–Crippen LogP) is 2.80. The van der Waals surface area contributed by atoms with Crippen LogP contribution in [0.25, 0.3) is 10.8 Å². The van der Waals surface area contributed by atoms with Crippen LogP contribution in [0.2, 0.25) is 0 Å². The second-order valence-electron chi connectivity index (χ2n) is 5.36. The molecule has 0 N–H and O–H groups in total. The van der Waals surface area contributed by atoms with Gasteiger partial charge in [-0.1, -0.05) is 0 Å². The third-order valence-corrected chi connectivity index (χ3v) is 8.07. The molecule has 4 rings (SSSR count). The van der Waals surface area contributed by atoms with Crippen molar-refractivity contribution in [1.29, 1.82) is 0 Å². The second-order valence-corrected chi connectivity index (χ2v) is 10.3. The summed E-state index contributed by atoms with van der Waals surface area (Å²) >= 11 is 0.770. The van der Waals surface area contributed by atoms with Gasteiger partial charge in [0.15, 0.2) is 0 Å². The summed E-state index contributed by atoms with van der Waals surface area (Å²) in [5, 5.41) is 2.78. The van der Waals surface area contributed by atoms with Crippen molar-refractivity contribution in [3.63, 3.8) is 0 Å². The fourth-order valence-corrected chi connectivity index (χ4v) is 7.01. The van der Waals surface area contributed by atoms with Crippen molar-refractivity contribution in [3.05, 3.63) is 24.3 Å². The van der Waals surface area contributed by atoms with Crippen LogP contribution in [0.4, 0.5) is 11.4 Å². The van der Waals surface area contributed by atoms with Gasteiger partial charge in [-0.25, -0.2) is 0 Å². The van der Waals surface area contributed by atoms with Gasteiger partial charge in [-0.2, -0.15) is 0 Å². The molecule has 0 atom stereocenters. The topological polar surface area (TPSA) is 24.7 Å². The number of rotatable bonds is 3. The monoisotopic (exact) mass is 408 g/mol. The van der Waals surface area contributed by atoms with Crippen molar-refractivity contribution in [3.8, 4) is 0 Å². The molecule has 0 radical (unpaired) electrons. The zero-order valence-corrected chi connectivity index (χ0v) is 15.6. The summed E-state index contributed by atoms with van der Waals surface area (Å²) in [6.07, 6.45) is 3.65. The first-order valence-electron chi connectivity index (χ1n) is 7.34. The van der Waals surface area contributed by atoms with E-state index in [1.165, 1.54) is 47.4 Å². The predicted molar refractivity (Wildman–Crippen MR) is 94.1 cm³/mol. The molecule has 2 aromatic rings. The van der Waals surface area contributed by atoms with Crippen molar-refractivity contribution >= 4 is 70.2 Å². The Balaban J connectivity index is 1.93. The summed E-state index contributed by atoms with van der Waals surface area (Å²) in [4.78, 5) is 9.74. The molecule has 2 heterocycles. The van der Waals surface area contributed by atoms with Crippen molar-refractivity contribution < 1.29 is 0 Å². The Hall–Kier alpha value is -0.921. The summed E-state index contributed by atoms with van der Waals surface area (Å²) in [5.41, 5.74) is 2.33. The van der Waals surface area contributed by atoms with Gasteiger partial charge in [-0.3, -0.25) is 0 Å².